The number of aryl methyl sites for hydroxylation is 1. The Hall–Kier alpha value is -2.18. The van der Waals surface area contributed by atoms with Gasteiger partial charge in [-0.3, -0.25) is 9.48 Å². The summed E-state index contributed by atoms with van der Waals surface area (Å²) in [6.45, 7) is 4.24. The van der Waals surface area contributed by atoms with Crippen molar-refractivity contribution in [2.24, 2.45) is 13.0 Å². The summed E-state index contributed by atoms with van der Waals surface area (Å²) in [5.74, 6) is 3.00. The first-order chi connectivity index (χ1) is 12.6. The van der Waals surface area contributed by atoms with Crippen LogP contribution in [-0.2, 0) is 11.8 Å². The van der Waals surface area contributed by atoms with Gasteiger partial charge < -0.3 is 10.2 Å². The monoisotopic (exact) mass is 356 g/mol. The zero-order chi connectivity index (χ0) is 18.1. The first-order valence-electron chi connectivity index (χ1n) is 9.81. The van der Waals surface area contributed by atoms with Crippen LogP contribution in [0, 0.1) is 5.92 Å². The molecule has 1 aliphatic carbocycles. The highest BCUT2D eigenvalue weighted by Crippen LogP contribution is 2.35. The molecule has 2 aromatic rings. The van der Waals surface area contributed by atoms with Crippen molar-refractivity contribution in [1.29, 1.82) is 0 Å². The van der Waals surface area contributed by atoms with Crippen molar-refractivity contribution in [3.63, 3.8) is 0 Å². The Morgan fingerprint density at radius 3 is 2.81 bits per heavy atom. The van der Waals surface area contributed by atoms with Gasteiger partial charge in [0.05, 0.1) is 11.6 Å². The molecule has 7 heteroatoms. The van der Waals surface area contributed by atoms with E-state index >= 15 is 0 Å². The maximum absolute atomic E-state index is 11.3. The van der Waals surface area contributed by atoms with Crippen molar-refractivity contribution >= 4 is 22.8 Å². The van der Waals surface area contributed by atoms with E-state index < -0.39 is 0 Å². The second-order valence-electron chi connectivity index (χ2n) is 7.78. The van der Waals surface area contributed by atoms with Gasteiger partial charge in [0.1, 0.15) is 11.6 Å². The highest BCUT2D eigenvalue weighted by molar-refractivity contribution is 5.87. The van der Waals surface area contributed by atoms with Crippen LogP contribution in [0.5, 0.6) is 0 Å². The normalized spacial score (nSPS) is 21.5. The molecular weight excluding hydrogens is 328 g/mol. The summed E-state index contributed by atoms with van der Waals surface area (Å²) in [6.07, 6.45) is 9.08. The molecule has 1 saturated carbocycles. The number of carbonyl (C=O) groups is 1. The summed E-state index contributed by atoms with van der Waals surface area (Å²) in [7, 11) is 1.95. The highest BCUT2D eigenvalue weighted by atomic mass is 16.1. The van der Waals surface area contributed by atoms with Gasteiger partial charge in [0, 0.05) is 39.5 Å². The number of fused-ring (bicyclic) bond motifs is 1. The van der Waals surface area contributed by atoms with Gasteiger partial charge in [0.2, 0.25) is 5.91 Å². The molecule has 0 aromatic carbocycles. The van der Waals surface area contributed by atoms with Crippen molar-refractivity contribution in [1.82, 2.24) is 25.1 Å². The lowest BCUT2D eigenvalue weighted by Gasteiger charge is -2.34. The van der Waals surface area contributed by atoms with E-state index in [9.17, 15) is 4.79 Å². The lowest BCUT2D eigenvalue weighted by molar-refractivity contribution is -0.119. The molecule has 2 fully saturated rings. The second-order valence-corrected chi connectivity index (χ2v) is 7.78. The number of anilines is 1. The van der Waals surface area contributed by atoms with E-state index in [1.807, 2.05) is 17.9 Å². The smallest absolute Gasteiger partial charge is 0.216 e. The fourth-order valence-corrected chi connectivity index (χ4v) is 4.34. The van der Waals surface area contributed by atoms with Gasteiger partial charge in [0.15, 0.2) is 5.65 Å². The van der Waals surface area contributed by atoms with Crippen LogP contribution in [0.4, 0.5) is 5.82 Å². The van der Waals surface area contributed by atoms with Gasteiger partial charge in [-0.25, -0.2) is 9.97 Å². The van der Waals surface area contributed by atoms with Gasteiger partial charge in [0.25, 0.3) is 0 Å². The van der Waals surface area contributed by atoms with Crippen molar-refractivity contribution < 1.29 is 4.79 Å². The minimum absolute atomic E-state index is 0.0438. The molecule has 4 rings (SSSR count). The van der Waals surface area contributed by atoms with E-state index in [1.54, 1.807) is 6.92 Å². The van der Waals surface area contributed by atoms with Crippen LogP contribution >= 0.6 is 0 Å². The molecule has 0 spiro atoms. The maximum atomic E-state index is 11.3. The number of amides is 1. The molecule has 1 N–H and O–H groups in total. The van der Waals surface area contributed by atoms with E-state index in [-0.39, 0.29) is 5.91 Å². The number of rotatable bonds is 4. The molecule has 3 heterocycles. The summed E-state index contributed by atoms with van der Waals surface area (Å²) >= 11 is 0. The van der Waals surface area contributed by atoms with E-state index in [4.69, 9.17) is 9.97 Å². The van der Waals surface area contributed by atoms with Gasteiger partial charge in [-0.2, -0.15) is 5.10 Å². The molecule has 0 radical (unpaired) electrons. The summed E-state index contributed by atoms with van der Waals surface area (Å²) in [5, 5.41) is 8.43. The molecule has 0 bridgehead atoms. The zero-order valence-corrected chi connectivity index (χ0v) is 15.7. The zero-order valence-electron chi connectivity index (χ0n) is 15.7. The fourth-order valence-electron chi connectivity index (χ4n) is 4.34. The van der Waals surface area contributed by atoms with Crippen LogP contribution in [0.15, 0.2) is 6.20 Å². The van der Waals surface area contributed by atoms with E-state index in [0.717, 1.165) is 55.2 Å². The average Bonchev–Trinajstić information content (AvgIpc) is 3.30. The van der Waals surface area contributed by atoms with Gasteiger partial charge in [-0.05, 0) is 31.6 Å². The topological polar surface area (TPSA) is 75.9 Å². The second kappa shape index (κ2) is 7.21. The van der Waals surface area contributed by atoms with Crippen molar-refractivity contribution in [2.75, 3.05) is 24.5 Å². The Labute approximate surface area is 154 Å². The highest BCUT2D eigenvalue weighted by Gasteiger charge is 2.27. The molecular formula is C19H28N6O. The molecule has 7 nitrogen and oxygen atoms in total. The number of nitrogens with one attached hydrogen (secondary N) is 1. The van der Waals surface area contributed by atoms with Gasteiger partial charge in [-0.1, -0.05) is 12.8 Å². The number of hydrogen-bond acceptors (Lipinski definition) is 5. The fraction of sp³-hybridized carbons (Fsp3) is 0.684. The van der Waals surface area contributed by atoms with Crippen LogP contribution < -0.4 is 10.2 Å². The number of hydrogen-bond donors (Lipinski definition) is 1. The predicted octanol–water partition coefficient (Wildman–Crippen LogP) is 2.37. The number of carbonyl (C=O) groups excluding carboxylic acids is 1. The minimum atomic E-state index is 0.0438. The maximum Gasteiger partial charge on any atom is 0.216 e. The Bertz CT molecular complexity index is 795. The first kappa shape index (κ1) is 17.2. The molecule has 140 valence electrons. The molecule has 1 amide bonds. The minimum Gasteiger partial charge on any atom is -0.356 e. The Kier molecular flexibility index (Phi) is 4.78. The lowest BCUT2D eigenvalue weighted by atomic mass is 9.97. The summed E-state index contributed by atoms with van der Waals surface area (Å²) in [6, 6.07) is 0. The van der Waals surface area contributed by atoms with Crippen LogP contribution in [0.2, 0.25) is 0 Å². The van der Waals surface area contributed by atoms with Crippen LogP contribution in [0.1, 0.15) is 57.2 Å². The quantitative estimate of drug-likeness (QED) is 0.910. The molecule has 1 aliphatic heterocycles. The molecule has 1 atom stereocenters. The third-order valence-corrected chi connectivity index (χ3v) is 5.77. The van der Waals surface area contributed by atoms with E-state index in [0.29, 0.717) is 11.8 Å². The Morgan fingerprint density at radius 2 is 2.04 bits per heavy atom. The summed E-state index contributed by atoms with van der Waals surface area (Å²) in [5.41, 5.74) is 0.931. The first-order valence-corrected chi connectivity index (χ1v) is 9.81. The lowest BCUT2D eigenvalue weighted by Crippen LogP contribution is -2.41. The van der Waals surface area contributed by atoms with Crippen molar-refractivity contribution in [3.8, 4) is 0 Å². The van der Waals surface area contributed by atoms with Crippen LogP contribution in [-0.4, -0.2) is 45.3 Å². The Balaban J connectivity index is 1.64. The van der Waals surface area contributed by atoms with Gasteiger partial charge >= 0.3 is 0 Å². The SMILES string of the molecule is CC(=O)NCC1CCCN(c2nc(C3CCCC3)nc3c2cnn3C)C1. The van der Waals surface area contributed by atoms with Crippen LogP contribution in [0.3, 0.4) is 0 Å². The molecule has 1 saturated heterocycles. The third-order valence-electron chi connectivity index (χ3n) is 5.77. The molecule has 2 aromatic heterocycles. The predicted molar refractivity (Wildman–Crippen MR) is 101 cm³/mol. The standard InChI is InChI=1S/C19H28N6O/c1-13(26)20-10-14-6-5-9-25(12-14)19-16-11-21-24(2)18(16)22-17(23-19)15-7-3-4-8-15/h11,14-15H,3-10,12H2,1-2H3,(H,20,26). The Morgan fingerprint density at radius 1 is 1.23 bits per heavy atom. The number of piperidine rings is 1. The van der Waals surface area contributed by atoms with Gasteiger partial charge in [-0.15, -0.1) is 0 Å². The van der Waals surface area contributed by atoms with E-state index in [1.165, 1.54) is 25.7 Å². The third kappa shape index (κ3) is 3.39. The van der Waals surface area contributed by atoms with E-state index in [2.05, 4.69) is 15.3 Å². The average molecular weight is 356 g/mol. The number of aromatic nitrogens is 4. The summed E-state index contributed by atoms with van der Waals surface area (Å²) < 4.78 is 1.86. The molecule has 26 heavy (non-hydrogen) atoms. The van der Waals surface area contributed by atoms with Crippen molar-refractivity contribution in [3.05, 3.63) is 12.0 Å². The molecule has 2 aliphatic rings. The van der Waals surface area contributed by atoms with Crippen molar-refractivity contribution in [2.45, 2.75) is 51.4 Å². The molecule has 1 unspecified atom stereocenters. The largest absolute Gasteiger partial charge is 0.356 e. The summed E-state index contributed by atoms with van der Waals surface area (Å²) in [4.78, 5) is 23.5. The number of nitrogens with zero attached hydrogens (tertiary/aromatic N) is 5. The van der Waals surface area contributed by atoms with Crippen LogP contribution in [0.25, 0.3) is 11.0 Å².